The van der Waals surface area contributed by atoms with Gasteiger partial charge in [-0.2, -0.15) is 12.4 Å². The molecule has 0 spiro atoms. The normalized spacial score (nSPS) is 19.6. The van der Waals surface area contributed by atoms with Crippen LogP contribution < -0.4 is 16.0 Å². The van der Waals surface area contributed by atoms with Crippen molar-refractivity contribution in [3.63, 3.8) is 0 Å². The molecule has 23 heavy (non-hydrogen) atoms. The van der Waals surface area contributed by atoms with Gasteiger partial charge in [0.05, 0.1) is 0 Å². The minimum Gasteiger partial charge on any atom is -0.370 e. The van der Waals surface area contributed by atoms with Gasteiger partial charge in [0.15, 0.2) is 0 Å². The van der Waals surface area contributed by atoms with Crippen molar-refractivity contribution in [3.05, 3.63) is 34.2 Å². The summed E-state index contributed by atoms with van der Waals surface area (Å²) >= 11 is 0. The highest BCUT2D eigenvalue weighted by molar-refractivity contribution is 7.87. The Morgan fingerprint density at radius 2 is 2.17 bits per heavy atom. The molecule has 8 nitrogen and oxygen atoms in total. The molecule has 1 aliphatic heterocycles. The molecular weight excluding hydrogens is 320 g/mol. The third-order valence-corrected chi connectivity index (χ3v) is 5.39. The molecule has 1 fully saturated rings. The largest absolute Gasteiger partial charge is 0.370 e. The second-order valence-electron chi connectivity index (χ2n) is 5.66. The maximum absolute atomic E-state index is 11.9. The van der Waals surface area contributed by atoms with E-state index in [1.807, 2.05) is 0 Å². The molecule has 1 unspecified atom stereocenters. The van der Waals surface area contributed by atoms with Gasteiger partial charge in [-0.15, -0.1) is 0 Å². The van der Waals surface area contributed by atoms with Gasteiger partial charge in [0.2, 0.25) is 5.91 Å². The number of piperidine rings is 1. The second-order valence-corrected chi connectivity index (χ2v) is 7.41. The number of carbonyl (C=O) groups excluding carboxylic acids is 1. The lowest BCUT2D eigenvalue weighted by atomic mass is 9.91. The van der Waals surface area contributed by atoms with E-state index in [-0.39, 0.29) is 11.8 Å². The summed E-state index contributed by atoms with van der Waals surface area (Å²) in [6.45, 7) is 2.20. The fourth-order valence-electron chi connectivity index (χ4n) is 2.81. The van der Waals surface area contributed by atoms with E-state index in [0.717, 1.165) is 28.9 Å². The third-order valence-electron chi connectivity index (χ3n) is 4.07. The molecule has 2 rings (SSSR count). The van der Waals surface area contributed by atoms with Crippen LogP contribution in [-0.2, 0) is 15.0 Å². The van der Waals surface area contributed by atoms with E-state index in [4.69, 9.17) is 5.73 Å². The monoisotopic (exact) mass is 342 g/mol. The van der Waals surface area contributed by atoms with Crippen LogP contribution in [0.25, 0.3) is 0 Å². The van der Waals surface area contributed by atoms with Gasteiger partial charge in [0, 0.05) is 38.8 Å². The van der Waals surface area contributed by atoms with Crippen molar-refractivity contribution in [2.75, 3.05) is 26.7 Å². The Morgan fingerprint density at radius 3 is 2.83 bits per heavy atom. The van der Waals surface area contributed by atoms with Gasteiger partial charge < -0.3 is 10.6 Å². The lowest BCUT2D eigenvalue weighted by Crippen LogP contribution is -2.38. The van der Waals surface area contributed by atoms with E-state index in [0.29, 0.717) is 19.5 Å². The van der Waals surface area contributed by atoms with Crippen LogP contribution >= 0.6 is 0 Å². The predicted octanol–water partition coefficient (Wildman–Crippen LogP) is -0.785. The predicted molar refractivity (Wildman–Crippen MR) is 86.3 cm³/mol. The number of nitrogens with two attached hydrogens (primary N) is 1. The van der Waals surface area contributed by atoms with Gasteiger partial charge in [-0.05, 0) is 30.9 Å². The first-order chi connectivity index (χ1) is 10.8. The summed E-state index contributed by atoms with van der Waals surface area (Å²) < 4.78 is 26.6. The number of aromatic nitrogens is 1. The van der Waals surface area contributed by atoms with Crippen LogP contribution in [0.3, 0.4) is 0 Å². The van der Waals surface area contributed by atoms with Crippen molar-refractivity contribution < 1.29 is 13.2 Å². The molecule has 1 saturated heterocycles. The highest BCUT2D eigenvalue weighted by Crippen LogP contribution is 2.26. The fraction of sp³-hybridized carbons (Fsp3) is 0.571. The highest BCUT2D eigenvalue weighted by atomic mass is 32.2. The topological polar surface area (TPSA) is 114 Å². The molecule has 0 saturated carbocycles. The van der Waals surface area contributed by atoms with Crippen molar-refractivity contribution in [3.8, 4) is 0 Å². The van der Waals surface area contributed by atoms with Gasteiger partial charge in [-0.25, -0.2) is 4.72 Å². The van der Waals surface area contributed by atoms with E-state index in [1.54, 1.807) is 6.07 Å². The first kappa shape index (κ1) is 17.6. The number of hydrogen-bond acceptors (Lipinski definition) is 5. The minimum atomic E-state index is -3.85. The van der Waals surface area contributed by atoms with Crippen molar-refractivity contribution in [2.45, 2.75) is 25.2 Å². The Morgan fingerprint density at radius 1 is 1.43 bits per heavy atom. The zero-order chi connectivity index (χ0) is 17.0. The number of rotatable bonds is 6. The number of primary amides is 1. The van der Waals surface area contributed by atoms with Crippen LogP contribution in [-0.4, -0.2) is 49.9 Å². The molecule has 0 aromatic carbocycles. The van der Waals surface area contributed by atoms with Gasteiger partial charge in [0.1, 0.15) is 0 Å². The molecule has 128 valence electrons. The molecule has 2 heterocycles. The van der Waals surface area contributed by atoms with Crippen molar-refractivity contribution in [1.29, 1.82) is 0 Å². The molecule has 9 heteroatoms. The lowest BCUT2D eigenvalue weighted by molar-refractivity contribution is -0.118. The van der Waals surface area contributed by atoms with E-state index < -0.39 is 15.8 Å². The van der Waals surface area contributed by atoms with Crippen molar-refractivity contribution in [2.24, 2.45) is 5.73 Å². The number of pyridine rings is 1. The minimum absolute atomic E-state index is 0.121. The number of amides is 1. The van der Waals surface area contributed by atoms with Crippen LogP contribution in [0.4, 0.5) is 0 Å². The molecule has 0 aliphatic carbocycles. The Hall–Kier alpha value is -1.71. The van der Waals surface area contributed by atoms with Gasteiger partial charge in [0.25, 0.3) is 5.56 Å². The van der Waals surface area contributed by atoms with E-state index in [2.05, 4.69) is 9.62 Å². The van der Waals surface area contributed by atoms with Gasteiger partial charge >= 0.3 is 10.2 Å². The summed E-state index contributed by atoms with van der Waals surface area (Å²) in [7, 11) is -2.58. The Kier molecular flexibility index (Phi) is 5.55. The first-order valence-electron chi connectivity index (χ1n) is 7.51. The standard InChI is InChI=1S/C14H22N4O4S/c1-16-23(21,22)18-10-12(4-5-14(18)20)11-3-2-7-17(9-11)8-6-13(15)19/h4-5,10-11,16H,2-3,6-9H2,1H3,(H2,15,19). The maximum atomic E-state index is 11.9. The molecule has 3 N–H and O–H groups in total. The lowest BCUT2D eigenvalue weighted by Gasteiger charge is -2.32. The molecule has 1 atom stereocenters. The van der Waals surface area contributed by atoms with E-state index in [1.165, 1.54) is 19.3 Å². The quantitative estimate of drug-likeness (QED) is 0.703. The zero-order valence-corrected chi connectivity index (χ0v) is 13.9. The molecule has 1 aromatic heterocycles. The second kappa shape index (κ2) is 7.24. The number of hydrogen-bond donors (Lipinski definition) is 2. The van der Waals surface area contributed by atoms with Crippen LogP contribution in [0.5, 0.6) is 0 Å². The van der Waals surface area contributed by atoms with Gasteiger partial charge in [-0.1, -0.05) is 6.07 Å². The summed E-state index contributed by atoms with van der Waals surface area (Å²) in [4.78, 5) is 24.8. The molecule has 1 aliphatic rings. The summed E-state index contributed by atoms with van der Waals surface area (Å²) in [5.74, 6) is -0.212. The third kappa shape index (κ3) is 4.40. The molecule has 0 bridgehead atoms. The first-order valence-corrected chi connectivity index (χ1v) is 8.95. The molecule has 1 aromatic rings. The SMILES string of the molecule is CNS(=O)(=O)n1cc(C2CCCN(CCC(N)=O)C2)ccc1=O. The Bertz CT molecular complexity index is 729. The van der Waals surface area contributed by atoms with Crippen LogP contribution in [0, 0.1) is 0 Å². The average molecular weight is 342 g/mol. The number of likely N-dealkylation sites (tertiary alicyclic amines) is 1. The summed E-state index contributed by atoms with van der Waals surface area (Å²) in [6.07, 6.45) is 3.54. The average Bonchev–Trinajstić information content (AvgIpc) is 2.53. The smallest absolute Gasteiger partial charge is 0.307 e. The highest BCUT2D eigenvalue weighted by Gasteiger charge is 2.23. The zero-order valence-electron chi connectivity index (χ0n) is 13.1. The maximum Gasteiger partial charge on any atom is 0.307 e. The summed E-state index contributed by atoms with van der Waals surface area (Å²) in [6, 6.07) is 2.94. The van der Waals surface area contributed by atoms with E-state index >= 15 is 0 Å². The van der Waals surface area contributed by atoms with Crippen LogP contribution in [0.2, 0.25) is 0 Å². The Balaban J connectivity index is 2.20. The summed E-state index contributed by atoms with van der Waals surface area (Å²) in [5, 5.41) is 0. The number of nitrogens with zero attached hydrogens (tertiary/aromatic N) is 2. The number of nitrogens with one attached hydrogen (secondary N) is 1. The van der Waals surface area contributed by atoms with E-state index in [9.17, 15) is 18.0 Å². The Labute approximate surface area is 135 Å². The molecular formula is C14H22N4O4S. The molecule has 1 amide bonds. The van der Waals surface area contributed by atoms with Crippen molar-refractivity contribution >= 4 is 16.1 Å². The van der Waals surface area contributed by atoms with Crippen LogP contribution in [0.1, 0.15) is 30.7 Å². The van der Waals surface area contributed by atoms with Crippen LogP contribution in [0.15, 0.2) is 23.1 Å². The van der Waals surface area contributed by atoms with Crippen molar-refractivity contribution in [1.82, 2.24) is 13.6 Å². The fourth-order valence-corrected chi connectivity index (χ4v) is 3.56. The van der Waals surface area contributed by atoms with Gasteiger partial charge in [-0.3, -0.25) is 9.59 Å². The molecule has 0 radical (unpaired) electrons. The number of carbonyl (C=O) groups is 1. The summed E-state index contributed by atoms with van der Waals surface area (Å²) in [5.41, 5.74) is 5.38.